The van der Waals surface area contributed by atoms with E-state index in [9.17, 15) is 13.2 Å². The smallest absolute Gasteiger partial charge is 0.370 e. The maximum absolute atomic E-state index is 11.9. The number of ether oxygens (including phenoxy) is 1. The van der Waals surface area contributed by atoms with Gasteiger partial charge >= 0.3 is 6.18 Å². The number of nitriles is 1. The van der Waals surface area contributed by atoms with E-state index in [2.05, 4.69) is 21.1 Å². The number of alkyl halides is 3. The van der Waals surface area contributed by atoms with Crippen molar-refractivity contribution in [2.45, 2.75) is 31.9 Å². The third-order valence-corrected chi connectivity index (χ3v) is 3.23. The third kappa shape index (κ3) is 4.60. The highest BCUT2D eigenvalue weighted by molar-refractivity contribution is 5.54. The van der Waals surface area contributed by atoms with Gasteiger partial charge < -0.3 is 10.1 Å². The first kappa shape index (κ1) is 15.6. The zero-order valence-electron chi connectivity index (χ0n) is 11.5. The fraction of sp³-hybridized carbons (Fsp3) is 0.571. The standard InChI is InChI=1S/C14H16F3N3O/c15-14(16,17)9-21-6-5-19-13-11(8-18)7-10-3-1-2-4-12(10)20-13/h7H,1-6,9H2,(H,19,20). The van der Waals surface area contributed by atoms with Crippen LogP contribution in [-0.2, 0) is 17.6 Å². The van der Waals surface area contributed by atoms with E-state index in [0.717, 1.165) is 36.9 Å². The van der Waals surface area contributed by atoms with E-state index in [0.29, 0.717) is 11.4 Å². The first-order valence-corrected chi connectivity index (χ1v) is 6.81. The molecule has 1 N–H and O–H groups in total. The first-order valence-electron chi connectivity index (χ1n) is 6.81. The fourth-order valence-corrected chi connectivity index (χ4v) is 2.28. The molecule has 1 aliphatic carbocycles. The second-order valence-electron chi connectivity index (χ2n) is 4.90. The summed E-state index contributed by atoms with van der Waals surface area (Å²) >= 11 is 0. The first-order chi connectivity index (χ1) is 9.99. The highest BCUT2D eigenvalue weighted by Crippen LogP contribution is 2.24. The summed E-state index contributed by atoms with van der Waals surface area (Å²) in [4.78, 5) is 4.42. The van der Waals surface area contributed by atoms with Crippen molar-refractivity contribution in [2.75, 3.05) is 25.1 Å². The molecule has 1 aromatic heterocycles. The Balaban J connectivity index is 1.92. The van der Waals surface area contributed by atoms with Crippen molar-refractivity contribution in [3.8, 4) is 6.07 Å². The van der Waals surface area contributed by atoms with Crippen LogP contribution in [0.3, 0.4) is 0 Å². The molecule has 1 heterocycles. The summed E-state index contributed by atoms with van der Waals surface area (Å²) in [5.74, 6) is 0.425. The van der Waals surface area contributed by atoms with E-state index in [1.54, 1.807) is 0 Å². The van der Waals surface area contributed by atoms with Gasteiger partial charge in [0.15, 0.2) is 0 Å². The summed E-state index contributed by atoms with van der Waals surface area (Å²) in [6.45, 7) is -1.18. The zero-order valence-corrected chi connectivity index (χ0v) is 11.5. The van der Waals surface area contributed by atoms with Gasteiger partial charge in [0.2, 0.25) is 0 Å². The molecule has 7 heteroatoms. The van der Waals surface area contributed by atoms with Gasteiger partial charge in [-0.05, 0) is 37.3 Å². The van der Waals surface area contributed by atoms with Gasteiger partial charge in [0.25, 0.3) is 0 Å². The zero-order chi connectivity index (χ0) is 15.3. The van der Waals surface area contributed by atoms with E-state index in [4.69, 9.17) is 5.26 Å². The molecule has 0 saturated carbocycles. The van der Waals surface area contributed by atoms with Crippen molar-refractivity contribution in [2.24, 2.45) is 0 Å². The molecule has 0 radical (unpaired) electrons. The second-order valence-corrected chi connectivity index (χ2v) is 4.90. The summed E-state index contributed by atoms with van der Waals surface area (Å²) in [5, 5.41) is 12.0. The van der Waals surface area contributed by atoms with Crippen LogP contribution < -0.4 is 5.32 Å². The maximum Gasteiger partial charge on any atom is 0.411 e. The molecule has 0 atom stereocenters. The van der Waals surface area contributed by atoms with Gasteiger partial charge in [-0.25, -0.2) is 4.98 Å². The molecule has 4 nitrogen and oxygen atoms in total. The minimum atomic E-state index is -4.32. The molecular formula is C14H16F3N3O. The summed E-state index contributed by atoms with van der Waals surface area (Å²) in [6, 6.07) is 3.88. The number of hydrogen-bond donors (Lipinski definition) is 1. The molecule has 2 rings (SSSR count). The van der Waals surface area contributed by atoms with Gasteiger partial charge in [-0.15, -0.1) is 0 Å². The van der Waals surface area contributed by atoms with Crippen molar-refractivity contribution in [1.29, 1.82) is 5.26 Å². The molecule has 114 valence electrons. The number of aromatic nitrogens is 1. The number of anilines is 1. The summed E-state index contributed by atoms with van der Waals surface area (Å²) in [5.41, 5.74) is 2.49. The minimum absolute atomic E-state index is 0.0941. The topological polar surface area (TPSA) is 57.9 Å². The Bertz CT molecular complexity index is 537. The Morgan fingerprint density at radius 1 is 1.33 bits per heavy atom. The van der Waals surface area contributed by atoms with Crippen LogP contribution in [0, 0.1) is 11.3 Å². The van der Waals surface area contributed by atoms with Crippen molar-refractivity contribution in [1.82, 2.24) is 4.98 Å². The molecular weight excluding hydrogens is 283 g/mol. The monoisotopic (exact) mass is 299 g/mol. The summed E-state index contributed by atoms with van der Waals surface area (Å²) < 4.78 is 40.2. The minimum Gasteiger partial charge on any atom is -0.370 e. The van der Waals surface area contributed by atoms with Gasteiger partial charge in [-0.2, -0.15) is 18.4 Å². The number of aryl methyl sites for hydroxylation is 2. The summed E-state index contributed by atoms with van der Waals surface area (Å²) in [6.07, 6.45) is -0.355. The van der Waals surface area contributed by atoms with Crippen LogP contribution in [-0.4, -0.2) is 30.9 Å². The number of halogens is 3. The number of rotatable bonds is 5. The van der Waals surface area contributed by atoms with Crippen LogP contribution in [0.25, 0.3) is 0 Å². The second kappa shape index (κ2) is 6.76. The lowest BCUT2D eigenvalue weighted by atomic mass is 9.95. The predicted octanol–water partition coefficient (Wildman–Crippen LogP) is 2.82. The Kier molecular flexibility index (Phi) is 5.02. The van der Waals surface area contributed by atoms with Gasteiger partial charge in [0, 0.05) is 12.2 Å². The predicted molar refractivity (Wildman–Crippen MR) is 71.0 cm³/mol. The van der Waals surface area contributed by atoms with Crippen molar-refractivity contribution < 1.29 is 17.9 Å². The van der Waals surface area contributed by atoms with Crippen LogP contribution >= 0.6 is 0 Å². The van der Waals surface area contributed by atoms with Gasteiger partial charge in [0.1, 0.15) is 18.5 Å². The molecule has 0 unspecified atom stereocenters. The van der Waals surface area contributed by atoms with Crippen molar-refractivity contribution in [3.63, 3.8) is 0 Å². The molecule has 21 heavy (non-hydrogen) atoms. The Hall–Kier alpha value is -1.81. The van der Waals surface area contributed by atoms with Gasteiger partial charge in [0.05, 0.1) is 12.2 Å². The Morgan fingerprint density at radius 3 is 2.81 bits per heavy atom. The number of hydrogen-bond acceptors (Lipinski definition) is 4. The lowest BCUT2D eigenvalue weighted by molar-refractivity contribution is -0.172. The van der Waals surface area contributed by atoms with E-state index >= 15 is 0 Å². The van der Waals surface area contributed by atoms with Gasteiger partial charge in [-0.1, -0.05) is 0 Å². The Labute approximate surface area is 120 Å². The SMILES string of the molecule is N#Cc1cc2c(nc1NCCOCC(F)(F)F)CCCC2. The number of nitrogens with one attached hydrogen (secondary N) is 1. The van der Waals surface area contributed by atoms with Crippen LogP contribution in [0.2, 0.25) is 0 Å². The average Bonchev–Trinajstić information content (AvgIpc) is 2.44. The Morgan fingerprint density at radius 2 is 2.10 bits per heavy atom. The molecule has 0 bridgehead atoms. The average molecular weight is 299 g/mol. The molecule has 0 amide bonds. The highest BCUT2D eigenvalue weighted by atomic mass is 19.4. The molecule has 0 aliphatic heterocycles. The largest absolute Gasteiger partial charge is 0.411 e. The quantitative estimate of drug-likeness (QED) is 0.849. The number of nitrogens with zero attached hydrogens (tertiary/aromatic N) is 2. The lowest BCUT2D eigenvalue weighted by Crippen LogP contribution is -2.20. The van der Waals surface area contributed by atoms with Crippen LogP contribution in [0.15, 0.2) is 6.07 Å². The van der Waals surface area contributed by atoms with Crippen LogP contribution in [0.4, 0.5) is 19.0 Å². The molecule has 0 saturated heterocycles. The molecule has 0 fully saturated rings. The van der Waals surface area contributed by atoms with E-state index < -0.39 is 12.8 Å². The molecule has 0 spiro atoms. The fourth-order valence-electron chi connectivity index (χ4n) is 2.28. The van der Waals surface area contributed by atoms with Gasteiger partial charge in [-0.3, -0.25) is 0 Å². The van der Waals surface area contributed by atoms with E-state index in [1.165, 1.54) is 0 Å². The maximum atomic E-state index is 11.9. The van der Waals surface area contributed by atoms with Crippen molar-refractivity contribution in [3.05, 3.63) is 22.9 Å². The normalized spacial score (nSPS) is 14.4. The molecule has 0 aromatic carbocycles. The highest BCUT2D eigenvalue weighted by Gasteiger charge is 2.27. The van der Waals surface area contributed by atoms with Crippen molar-refractivity contribution >= 4 is 5.82 Å². The van der Waals surface area contributed by atoms with Crippen LogP contribution in [0.1, 0.15) is 29.7 Å². The number of pyridine rings is 1. The number of fused-ring (bicyclic) bond motifs is 1. The van der Waals surface area contributed by atoms with Crippen LogP contribution in [0.5, 0.6) is 0 Å². The molecule has 1 aromatic rings. The van der Waals surface area contributed by atoms with E-state index in [-0.39, 0.29) is 13.2 Å². The molecule has 1 aliphatic rings. The van der Waals surface area contributed by atoms with E-state index in [1.807, 2.05) is 6.07 Å². The summed E-state index contributed by atoms with van der Waals surface area (Å²) in [7, 11) is 0. The third-order valence-electron chi connectivity index (χ3n) is 3.23. The lowest BCUT2D eigenvalue weighted by Gasteiger charge is -2.17.